The predicted octanol–water partition coefficient (Wildman–Crippen LogP) is 4.06. The van der Waals surface area contributed by atoms with Crippen LogP contribution in [0.1, 0.15) is 76.5 Å². The van der Waals surface area contributed by atoms with E-state index in [1.807, 2.05) is 80.6 Å². The Labute approximate surface area is 277 Å². The zero-order valence-corrected chi connectivity index (χ0v) is 27.7. The number of rotatable bonds is 16. The number of fused-ring (bicyclic) bond motifs is 2. The Hall–Kier alpha value is -4.44. The molecule has 0 radical (unpaired) electrons. The molecule has 1 heterocycles. The topological polar surface area (TPSA) is 152 Å². The fourth-order valence-corrected chi connectivity index (χ4v) is 5.85. The van der Waals surface area contributed by atoms with Crippen LogP contribution in [0.5, 0.6) is 5.75 Å². The summed E-state index contributed by atoms with van der Waals surface area (Å²) < 4.78 is 5.75. The minimum absolute atomic E-state index is 0.216. The molecule has 6 N–H and O–H groups in total. The molecule has 0 spiro atoms. The molecule has 0 aromatic heterocycles. The lowest BCUT2D eigenvalue weighted by Gasteiger charge is -2.30. The number of amides is 4. The van der Waals surface area contributed by atoms with Gasteiger partial charge in [-0.2, -0.15) is 0 Å². The summed E-state index contributed by atoms with van der Waals surface area (Å²) >= 11 is 0. The fourth-order valence-electron chi connectivity index (χ4n) is 5.85. The van der Waals surface area contributed by atoms with Crippen molar-refractivity contribution >= 4 is 34.4 Å². The van der Waals surface area contributed by atoms with Crippen molar-refractivity contribution in [3.63, 3.8) is 0 Å². The third-order valence-corrected chi connectivity index (χ3v) is 8.87. The molecule has 0 fully saturated rings. The van der Waals surface area contributed by atoms with Gasteiger partial charge in [0.2, 0.25) is 23.6 Å². The van der Waals surface area contributed by atoms with E-state index in [0.29, 0.717) is 45.3 Å². The van der Waals surface area contributed by atoms with E-state index in [9.17, 15) is 19.2 Å². The first kappa shape index (κ1) is 35.4. The molecular formula is C37H49N5O5. The van der Waals surface area contributed by atoms with Crippen molar-refractivity contribution in [3.05, 3.63) is 77.9 Å². The van der Waals surface area contributed by atoms with Crippen molar-refractivity contribution < 1.29 is 23.9 Å². The fraction of sp³-hybridized carbons (Fsp3) is 0.459. The van der Waals surface area contributed by atoms with Crippen LogP contribution < -0.4 is 31.7 Å². The lowest BCUT2D eigenvalue weighted by atomic mass is 9.95. The lowest BCUT2D eigenvalue weighted by Crippen LogP contribution is -2.59. The van der Waals surface area contributed by atoms with Gasteiger partial charge in [0.25, 0.3) is 0 Å². The lowest BCUT2D eigenvalue weighted by molar-refractivity contribution is -0.135. The molecule has 1 aliphatic rings. The highest BCUT2D eigenvalue weighted by Crippen LogP contribution is 2.31. The molecule has 0 saturated heterocycles. The van der Waals surface area contributed by atoms with Crippen molar-refractivity contribution in [2.24, 2.45) is 11.7 Å². The van der Waals surface area contributed by atoms with E-state index in [4.69, 9.17) is 10.5 Å². The minimum Gasteiger partial charge on any atom is -0.493 e. The smallest absolute Gasteiger partial charge is 0.243 e. The first-order valence-corrected chi connectivity index (χ1v) is 16.8. The molecule has 0 aliphatic carbocycles. The van der Waals surface area contributed by atoms with E-state index < -0.39 is 29.9 Å². The van der Waals surface area contributed by atoms with Crippen molar-refractivity contribution in [1.29, 1.82) is 0 Å². The van der Waals surface area contributed by atoms with Gasteiger partial charge in [-0.25, -0.2) is 0 Å². The number of carbonyl (C=O) groups is 4. The molecule has 1 aliphatic heterocycles. The quantitative estimate of drug-likeness (QED) is 0.149. The summed E-state index contributed by atoms with van der Waals surface area (Å²) in [6, 6.07) is 18.6. The third kappa shape index (κ3) is 9.78. The van der Waals surface area contributed by atoms with E-state index in [1.165, 1.54) is 0 Å². The van der Waals surface area contributed by atoms with Gasteiger partial charge in [0.1, 0.15) is 23.9 Å². The van der Waals surface area contributed by atoms with Crippen molar-refractivity contribution in [3.8, 4) is 5.75 Å². The summed E-state index contributed by atoms with van der Waals surface area (Å²) in [5.74, 6) is -0.960. The van der Waals surface area contributed by atoms with Gasteiger partial charge in [0, 0.05) is 24.8 Å². The van der Waals surface area contributed by atoms with E-state index in [0.717, 1.165) is 27.6 Å². The van der Waals surface area contributed by atoms with Gasteiger partial charge in [-0.1, -0.05) is 87.9 Å². The molecule has 252 valence electrons. The number of carbonyl (C=O) groups excluding carboxylic acids is 4. The highest BCUT2D eigenvalue weighted by molar-refractivity contribution is 5.94. The number of hydrogen-bond acceptors (Lipinski definition) is 6. The first-order valence-electron chi connectivity index (χ1n) is 16.8. The summed E-state index contributed by atoms with van der Waals surface area (Å²) in [7, 11) is 0. The summed E-state index contributed by atoms with van der Waals surface area (Å²) in [6.07, 6.45) is 3.45. The SMILES string of the molecule is CCC(=O)N[C@@H](Cc1ccc2ccccc2c1)C(=O)N[C@H](C(=O)N[C@@H](CCCCN)C(=O)N[C@@H]1CCOc2ccccc21)[C@@H](C)CC. The molecule has 4 amide bonds. The molecule has 47 heavy (non-hydrogen) atoms. The summed E-state index contributed by atoms with van der Waals surface area (Å²) in [5, 5.41) is 13.9. The van der Waals surface area contributed by atoms with E-state index in [1.54, 1.807) is 6.92 Å². The maximum Gasteiger partial charge on any atom is 0.243 e. The Kier molecular flexibility index (Phi) is 13.2. The minimum atomic E-state index is -0.918. The highest BCUT2D eigenvalue weighted by atomic mass is 16.5. The predicted molar refractivity (Wildman–Crippen MR) is 184 cm³/mol. The zero-order valence-electron chi connectivity index (χ0n) is 27.7. The number of ether oxygens (including phenoxy) is 1. The van der Waals surface area contributed by atoms with Crippen LogP contribution in [0.25, 0.3) is 10.8 Å². The average Bonchev–Trinajstić information content (AvgIpc) is 3.09. The second kappa shape index (κ2) is 17.5. The molecule has 3 aromatic carbocycles. The molecule has 0 bridgehead atoms. The standard InChI is InChI=1S/C37H49N5O5/c1-4-24(3)34(42-36(45)31(39-33(43)5-2)23-25-17-18-26-12-6-7-13-27(26)22-25)37(46)41-30(15-10-11-20-38)35(44)40-29-19-21-47-32-16-9-8-14-28(29)32/h6-9,12-14,16-18,22,24,29-31,34H,4-5,10-11,15,19-21,23,38H2,1-3H3,(H,39,43)(H,40,44)(H,41,46)(H,42,45)/t24-,29+,30-,31-,34-/m0/s1. The molecule has 10 heteroatoms. The normalized spacial score (nSPS) is 16.5. The largest absolute Gasteiger partial charge is 0.493 e. The maximum atomic E-state index is 13.9. The van der Waals surface area contributed by atoms with Gasteiger partial charge >= 0.3 is 0 Å². The van der Waals surface area contributed by atoms with Gasteiger partial charge in [-0.15, -0.1) is 0 Å². The van der Waals surface area contributed by atoms with E-state index >= 15 is 0 Å². The number of para-hydroxylation sites is 1. The molecule has 0 saturated carbocycles. The number of unbranched alkanes of at least 4 members (excludes halogenated alkanes) is 1. The average molecular weight is 644 g/mol. The van der Waals surface area contributed by atoms with Gasteiger partial charge in [0.05, 0.1) is 12.6 Å². The van der Waals surface area contributed by atoms with Crippen LogP contribution in [0, 0.1) is 5.92 Å². The number of hydrogen-bond donors (Lipinski definition) is 5. The summed E-state index contributed by atoms with van der Waals surface area (Å²) in [5.41, 5.74) is 7.52. The van der Waals surface area contributed by atoms with Gasteiger partial charge < -0.3 is 31.7 Å². The monoisotopic (exact) mass is 643 g/mol. The first-order chi connectivity index (χ1) is 22.7. The van der Waals surface area contributed by atoms with Crippen LogP contribution in [0.15, 0.2) is 66.7 Å². The Morgan fingerprint density at radius 1 is 0.851 bits per heavy atom. The van der Waals surface area contributed by atoms with Crippen molar-refractivity contribution in [1.82, 2.24) is 21.3 Å². The van der Waals surface area contributed by atoms with Crippen LogP contribution in [-0.4, -0.2) is 54.9 Å². The number of nitrogens with one attached hydrogen (secondary N) is 4. The molecule has 10 nitrogen and oxygen atoms in total. The van der Waals surface area contributed by atoms with Crippen molar-refractivity contribution in [2.45, 2.75) is 89.9 Å². The Balaban J connectivity index is 1.50. The Bertz CT molecular complexity index is 1530. The van der Waals surface area contributed by atoms with Crippen LogP contribution >= 0.6 is 0 Å². The van der Waals surface area contributed by atoms with Crippen LogP contribution in [0.4, 0.5) is 0 Å². The molecular weight excluding hydrogens is 594 g/mol. The third-order valence-electron chi connectivity index (χ3n) is 8.87. The van der Waals surface area contributed by atoms with E-state index in [2.05, 4.69) is 21.3 Å². The van der Waals surface area contributed by atoms with Crippen LogP contribution in [-0.2, 0) is 25.6 Å². The highest BCUT2D eigenvalue weighted by Gasteiger charge is 2.33. The van der Waals surface area contributed by atoms with Gasteiger partial charge in [-0.3, -0.25) is 19.2 Å². The van der Waals surface area contributed by atoms with Crippen molar-refractivity contribution in [2.75, 3.05) is 13.2 Å². The Morgan fingerprint density at radius 3 is 2.34 bits per heavy atom. The maximum absolute atomic E-state index is 13.9. The van der Waals surface area contributed by atoms with Crippen LogP contribution in [0.2, 0.25) is 0 Å². The second-order valence-electron chi connectivity index (χ2n) is 12.3. The molecule has 0 unspecified atom stereocenters. The molecule has 5 atom stereocenters. The van der Waals surface area contributed by atoms with Gasteiger partial charge in [0.15, 0.2) is 0 Å². The molecule has 3 aromatic rings. The van der Waals surface area contributed by atoms with Crippen LogP contribution in [0.3, 0.4) is 0 Å². The zero-order chi connectivity index (χ0) is 33.8. The molecule has 4 rings (SSSR count). The summed E-state index contributed by atoms with van der Waals surface area (Å²) in [4.78, 5) is 53.8. The number of nitrogens with two attached hydrogens (primary N) is 1. The number of benzene rings is 3. The van der Waals surface area contributed by atoms with Gasteiger partial charge in [-0.05, 0) is 54.1 Å². The second-order valence-corrected chi connectivity index (χ2v) is 12.3. The summed E-state index contributed by atoms with van der Waals surface area (Å²) in [6.45, 7) is 6.50. The van der Waals surface area contributed by atoms with E-state index in [-0.39, 0.29) is 36.6 Å². The Morgan fingerprint density at radius 2 is 1.60 bits per heavy atom.